The maximum atomic E-state index is 17.3. The number of β-amino-alcohol motifs (C(OH)–C–C–N with tert-alkyl or cyclic N) is 1. The summed E-state index contributed by atoms with van der Waals surface area (Å²) in [5.41, 5.74) is 1.05. The molecule has 430 valence electrons. The highest BCUT2D eigenvalue weighted by atomic mass is 19.1. The third-order valence-electron chi connectivity index (χ3n) is 20.0. The molecule has 3 aromatic heterocycles. The minimum Gasteiger partial charge on any atom is -0.508 e. The van der Waals surface area contributed by atoms with Crippen LogP contribution in [-0.4, -0.2) is 150 Å². The van der Waals surface area contributed by atoms with E-state index in [1.54, 1.807) is 18.5 Å². The Morgan fingerprint density at radius 1 is 0.902 bits per heavy atom. The predicted molar refractivity (Wildman–Crippen MR) is 303 cm³/mol. The number of amides is 3. The number of rotatable bonds is 11. The summed E-state index contributed by atoms with van der Waals surface area (Å²) in [6.45, 7) is 8.26. The first kappa shape index (κ1) is 54.1. The van der Waals surface area contributed by atoms with Crippen molar-refractivity contribution in [2.24, 2.45) is 18.4 Å². The molecule has 6 aromatic rings. The van der Waals surface area contributed by atoms with Gasteiger partial charge in [-0.1, -0.05) is 18.1 Å². The van der Waals surface area contributed by atoms with Gasteiger partial charge in [0.2, 0.25) is 11.8 Å². The molecule has 7 fully saturated rings. The van der Waals surface area contributed by atoms with Crippen LogP contribution in [0.3, 0.4) is 0 Å². The van der Waals surface area contributed by atoms with E-state index in [-0.39, 0.29) is 100 Å². The normalized spacial score (nSPS) is 26.1. The number of likely N-dealkylation sites (tertiary alicyclic amines) is 2. The van der Waals surface area contributed by atoms with Gasteiger partial charge >= 0.3 is 17.8 Å². The SMILES string of the molecule is C#Cc1c(F)ccc2cc(O)cc(-c3ncc4c(N5CCC[C@@](C)(O)C5)nc(OC[C@@]56CCCN5[C@H](COC(=O)N5CCC7(CCC7CN7CCC(c8ccc9c(c8)n(C)c(=O)n9C8CCC(=O)NC8=O)CC7)CC5)CC6)nc4c3F)c12. The number of fused-ring (bicyclic) bond motifs is 4. The average molecular weight is 1120 g/mol. The van der Waals surface area contributed by atoms with Crippen molar-refractivity contribution >= 4 is 56.4 Å². The van der Waals surface area contributed by atoms with Crippen LogP contribution < -0.4 is 20.6 Å². The maximum Gasteiger partial charge on any atom is 0.409 e. The molecular formula is C62H70F2N10O8. The molecule has 5 atom stereocenters. The summed E-state index contributed by atoms with van der Waals surface area (Å²) >= 11 is 0. The number of hydrogen-bond donors (Lipinski definition) is 3. The number of piperidine rings is 4. The van der Waals surface area contributed by atoms with E-state index in [4.69, 9.17) is 20.9 Å². The number of aryl methyl sites for hydroxylation is 1. The quantitative estimate of drug-likeness (QED) is 0.0843. The van der Waals surface area contributed by atoms with E-state index in [1.165, 1.54) is 53.4 Å². The monoisotopic (exact) mass is 1120 g/mol. The number of ether oxygens (including phenoxy) is 2. The van der Waals surface area contributed by atoms with Crippen LogP contribution in [-0.2, 0) is 21.4 Å². The molecule has 0 bridgehead atoms. The average Bonchev–Trinajstić information content (AvgIpc) is 2.36. The number of aromatic hydroxyl groups is 1. The fourth-order valence-corrected chi connectivity index (χ4v) is 15.4. The molecule has 82 heavy (non-hydrogen) atoms. The van der Waals surface area contributed by atoms with E-state index >= 15 is 8.78 Å². The molecule has 1 aliphatic carbocycles. The Kier molecular flexibility index (Phi) is 13.8. The Balaban J connectivity index is 0.630. The van der Waals surface area contributed by atoms with Gasteiger partial charge in [0, 0.05) is 69.4 Å². The molecule has 18 nitrogen and oxygen atoms in total. The fraction of sp³-hybridized carbons (Fsp3) is 0.532. The van der Waals surface area contributed by atoms with Gasteiger partial charge in [0.05, 0.1) is 33.1 Å². The Hall–Kier alpha value is -7.21. The second-order valence-electron chi connectivity index (χ2n) is 24.9. The molecule has 3 amide bonds. The third-order valence-corrected chi connectivity index (χ3v) is 20.0. The first-order chi connectivity index (χ1) is 39.5. The van der Waals surface area contributed by atoms with E-state index in [0.29, 0.717) is 72.8 Å². The molecule has 2 unspecified atom stereocenters. The number of phenols is 1. The van der Waals surface area contributed by atoms with E-state index in [2.05, 4.69) is 43.1 Å². The Labute approximate surface area is 473 Å². The zero-order chi connectivity index (χ0) is 56.8. The van der Waals surface area contributed by atoms with Crippen molar-refractivity contribution in [1.82, 2.24) is 44.1 Å². The number of phenolic OH excluding ortho intramolecular Hbond substituents is 1. The number of aromatic nitrogens is 5. The van der Waals surface area contributed by atoms with Crippen molar-refractivity contribution in [3.05, 3.63) is 81.9 Å². The molecule has 1 spiro atoms. The third kappa shape index (κ3) is 9.49. The van der Waals surface area contributed by atoms with Gasteiger partial charge in [-0.15, -0.1) is 6.42 Å². The summed E-state index contributed by atoms with van der Waals surface area (Å²) in [7, 11) is 1.74. The van der Waals surface area contributed by atoms with Crippen molar-refractivity contribution in [2.75, 3.05) is 70.5 Å². The van der Waals surface area contributed by atoms with E-state index in [1.807, 2.05) is 15.9 Å². The number of imidazole rings is 1. The largest absolute Gasteiger partial charge is 0.508 e. The standard InChI is InChI=1S/C62H70F2N10O8/c1-4-43-46(63)9-7-39-29-42(75)31-44(51(39)43)53-52(64)54-45(32-65-53)55(72-23-5-17-60(2,80)35-72)68-57(67-54)82-36-62-18-6-24-73(62)41(14-20-62)34-81-59(79)71-27-21-61(22-28-71)19-13-40(61)33-70-25-15-37(16-26-70)38-8-10-47-49(30-38)69(3)58(78)74(47)48-11-12-50(76)66-56(48)77/h1,7-10,29-32,37,40-41,48,75,80H,5-6,11-28,33-36H2,2-3H3,(H,66,76,77)/t40?,41-,48?,60+,62-/m0/s1. The van der Waals surface area contributed by atoms with Crippen LogP contribution in [0.4, 0.5) is 19.4 Å². The molecule has 3 aromatic carbocycles. The highest BCUT2D eigenvalue weighted by Crippen LogP contribution is 2.54. The molecule has 6 saturated heterocycles. The molecule has 9 heterocycles. The first-order valence-electron chi connectivity index (χ1n) is 29.3. The molecule has 1 saturated carbocycles. The summed E-state index contributed by atoms with van der Waals surface area (Å²) in [5, 5.41) is 25.2. The van der Waals surface area contributed by atoms with Crippen LogP contribution in [0.15, 0.2) is 53.5 Å². The molecule has 6 aliphatic heterocycles. The highest BCUT2D eigenvalue weighted by Gasteiger charge is 2.52. The van der Waals surface area contributed by atoms with Crippen LogP contribution in [0.2, 0.25) is 0 Å². The topological polar surface area (TPSA) is 201 Å². The number of pyridine rings is 1. The number of carbonyl (C=O) groups excluding carboxylic acids is 3. The number of nitrogens with zero attached hydrogens (tertiary/aromatic N) is 9. The van der Waals surface area contributed by atoms with Crippen molar-refractivity contribution in [2.45, 2.75) is 126 Å². The second kappa shape index (κ2) is 20.9. The number of halogens is 2. The van der Waals surface area contributed by atoms with Crippen molar-refractivity contribution in [3.63, 3.8) is 0 Å². The van der Waals surface area contributed by atoms with Crippen LogP contribution in [0, 0.1) is 35.3 Å². The summed E-state index contributed by atoms with van der Waals surface area (Å²) in [4.78, 5) is 74.6. The predicted octanol–water partition coefficient (Wildman–Crippen LogP) is 7.68. The number of imide groups is 1. The Morgan fingerprint density at radius 3 is 2.46 bits per heavy atom. The molecule has 7 aliphatic rings. The number of anilines is 1. The van der Waals surface area contributed by atoms with Crippen molar-refractivity contribution in [1.29, 1.82) is 0 Å². The summed E-state index contributed by atoms with van der Waals surface area (Å²) in [6.07, 6.45) is 18.5. The molecule has 20 heteroatoms. The number of carbonyl (C=O) groups is 3. The number of terminal acetylenes is 1. The zero-order valence-electron chi connectivity index (χ0n) is 46.6. The number of nitrogens with one attached hydrogen (secondary N) is 1. The van der Waals surface area contributed by atoms with E-state index < -0.39 is 29.2 Å². The second-order valence-corrected chi connectivity index (χ2v) is 24.9. The molecule has 3 N–H and O–H groups in total. The smallest absolute Gasteiger partial charge is 0.409 e. The number of hydrogen-bond acceptors (Lipinski definition) is 14. The Morgan fingerprint density at radius 2 is 1.71 bits per heavy atom. The van der Waals surface area contributed by atoms with E-state index in [9.17, 15) is 29.4 Å². The number of aliphatic hydroxyl groups is 1. The number of benzene rings is 3. The van der Waals surface area contributed by atoms with Gasteiger partial charge in [0.15, 0.2) is 5.82 Å². The van der Waals surface area contributed by atoms with Crippen molar-refractivity contribution in [3.8, 4) is 35.4 Å². The Bertz CT molecular complexity index is 3670. The fourth-order valence-electron chi connectivity index (χ4n) is 15.4. The van der Waals surface area contributed by atoms with Gasteiger partial charge in [0.1, 0.15) is 47.9 Å². The summed E-state index contributed by atoms with van der Waals surface area (Å²) in [6, 6.07) is 10.9. The lowest BCUT2D eigenvalue weighted by atomic mass is 9.55. The lowest BCUT2D eigenvalue weighted by Crippen LogP contribution is -2.54. The highest BCUT2D eigenvalue weighted by molar-refractivity contribution is 6.03. The zero-order valence-corrected chi connectivity index (χ0v) is 46.6. The van der Waals surface area contributed by atoms with Crippen LogP contribution in [0.25, 0.3) is 44.0 Å². The lowest BCUT2D eigenvalue weighted by Gasteiger charge is -2.55. The maximum absolute atomic E-state index is 17.3. The molecule has 13 rings (SSSR count). The van der Waals surface area contributed by atoms with Crippen LogP contribution >= 0.6 is 0 Å². The van der Waals surface area contributed by atoms with Gasteiger partial charge in [-0.2, -0.15) is 9.97 Å². The molecular weight excluding hydrogens is 1050 g/mol. The van der Waals surface area contributed by atoms with Crippen molar-refractivity contribution < 1.29 is 42.9 Å². The summed E-state index contributed by atoms with van der Waals surface area (Å²) < 4.78 is 48.2. The van der Waals surface area contributed by atoms with Gasteiger partial charge in [-0.25, -0.2) is 18.4 Å². The van der Waals surface area contributed by atoms with Gasteiger partial charge < -0.3 is 34.4 Å². The van der Waals surface area contributed by atoms with Crippen LogP contribution in [0.1, 0.15) is 120 Å². The minimum absolute atomic E-state index is 0.000448. The van der Waals surface area contributed by atoms with Gasteiger partial charge in [0.25, 0.3) is 0 Å². The van der Waals surface area contributed by atoms with Gasteiger partial charge in [-0.3, -0.25) is 33.9 Å². The van der Waals surface area contributed by atoms with E-state index in [0.717, 1.165) is 83.1 Å². The van der Waals surface area contributed by atoms with Gasteiger partial charge in [-0.05, 0) is 169 Å². The lowest BCUT2D eigenvalue weighted by molar-refractivity contribution is -0.135. The molecule has 0 radical (unpaired) electrons. The minimum atomic E-state index is -1.02. The summed E-state index contributed by atoms with van der Waals surface area (Å²) in [5.74, 6) is 1.30. The van der Waals surface area contributed by atoms with Crippen LogP contribution in [0.5, 0.6) is 11.8 Å². The first-order valence-corrected chi connectivity index (χ1v) is 29.3.